The summed E-state index contributed by atoms with van der Waals surface area (Å²) < 4.78 is 14.0. The van der Waals surface area contributed by atoms with Gasteiger partial charge in [0.1, 0.15) is 34.8 Å². The second-order valence-electron chi connectivity index (χ2n) is 8.19. The molecule has 0 radical (unpaired) electrons. The first-order valence-electron chi connectivity index (χ1n) is 11.6. The van der Waals surface area contributed by atoms with E-state index in [-0.39, 0.29) is 35.7 Å². The Morgan fingerprint density at radius 1 is 0.795 bits per heavy atom. The van der Waals surface area contributed by atoms with Gasteiger partial charge in [0, 0.05) is 0 Å². The van der Waals surface area contributed by atoms with Crippen molar-refractivity contribution in [2.45, 2.75) is 27.6 Å². The number of ketones is 2. The van der Waals surface area contributed by atoms with Crippen LogP contribution in [0.4, 0.5) is 0 Å². The molecule has 0 aliphatic heterocycles. The summed E-state index contributed by atoms with van der Waals surface area (Å²) in [6.45, 7) is 1.77. The Labute approximate surface area is 251 Å². The quantitative estimate of drug-likeness (QED) is 0.0907. The van der Waals surface area contributed by atoms with Gasteiger partial charge < -0.3 is 35.3 Å². The van der Waals surface area contributed by atoms with Gasteiger partial charge in [0.25, 0.3) is 0 Å². The van der Waals surface area contributed by atoms with Crippen LogP contribution in [0.2, 0.25) is 0 Å². The van der Waals surface area contributed by atoms with Crippen molar-refractivity contribution in [1.29, 1.82) is 0 Å². The molecular weight excluding hydrogens is 736 g/mol. The lowest BCUT2D eigenvalue weighted by molar-refractivity contribution is -0.144. The highest BCUT2D eigenvalue weighted by molar-refractivity contribution is 14.1. The fourth-order valence-electron chi connectivity index (χ4n) is 3.41. The van der Waals surface area contributed by atoms with Crippen molar-refractivity contribution >= 4 is 62.7 Å². The summed E-state index contributed by atoms with van der Waals surface area (Å²) in [5, 5.41) is 30.0. The van der Waals surface area contributed by atoms with Crippen LogP contribution in [0, 0.1) is 0 Å². The van der Waals surface area contributed by atoms with E-state index in [1.54, 1.807) is 52.1 Å². The molecule has 0 aromatic heterocycles. The summed E-state index contributed by atoms with van der Waals surface area (Å²) in [5.74, 6) is -1.89. The molecule has 3 aromatic rings. The minimum Gasteiger partial charge on any atom is -0.508 e. The average molecular weight is 761 g/mol. The second kappa shape index (κ2) is 13.8. The first kappa shape index (κ1) is 30.4. The number of ether oxygens (including phenoxy) is 3. The molecule has 0 aliphatic rings. The van der Waals surface area contributed by atoms with E-state index in [4.69, 9.17) is 19.9 Å². The summed E-state index contributed by atoms with van der Waals surface area (Å²) in [6, 6.07) is 13.1. The van der Waals surface area contributed by atoms with Crippen LogP contribution < -0.4 is 15.2 Å². The highest BCUT2D eigenvalue weighted by Gasteiger charge is 2.30. The summed E-state index contributed by atoms with van der Waals surface area (Å²) in [4.78, 5) is 38.8. The molecule has 0 spiro atoms. The van der Waals surface area contributed by atoms with Crippen molar-refractivity contribution in [3.8, 4) is 28.7 Å². The number of rotatable bonds is 12. The van der Waals surface area contributed by atoms with Gasteiger partial charge in [-0.15, -0.1) is 0 Å². The molecule has 10 nitrogen and oxygen atoms in total. The second-order valence-corrected chi connectivity index (χ2v) is 10.4. The average Bonchev–Trinajstić information content (AvgIpc) is 2.91. The first-order chi connectivity index (χ1) is 18.5. The van der Waals surface area contributed by atoms with Crippen molar-refractivity contribution in [1.82, 2.24) is 0 Å². The summed E-state index contributed by atoms with van der Waals surface area (Å²) in [6.07, 6.45) is -0.0743. The molecule has 39 heavy (non-hydrogen) atoms. The zero-order chi connectivity index (χ0) is 28.7. The van der Waals surface area contributed by atoms with Crippen molar-refractivity contribution in [2.24, 2.45) is 5.73 Å². The predicted molar refractivity (Wildman–Crippen MR) is 158 cm³/mol. The molecule has 2 unspecified atom stereocenters. The molecule has 0 amide bonds. The maximum atomic E-state index is 13.3. The Bertz CT molecular complexity index is 1240. The maximum Gasteiger partial charge on any atom is 0.323 e. The van der Waals surface area contributed by atoms with E-state index in [9.17, 15) is 29.7 Å². The molecule has 0 bridgehead atoms. The normalized spacial score (nSPS) is 13.1. The number of phenolic OH excluding ortho intramolecular Hbond substituents is 3. The van der Waals surface area contributed by atoms with Gasteiger partial charge in [-0.2, -0.15) is 0 Å². The summed E-state index contributed by atoms with van der Waals surface area (Å²) in [5.41, 5.74) is 5.89. The van der Waals surface area contributed by atoms with Gasteiger partial charge in [-0.3, -0.25) is 14.4 Å². The number of nitrogens with two attached hydrogens (primary N) is 1. The van der Waals surface area contributed by atoms with Crippen LogP contribution in [-0.2, 0) is 16.0 Å². The van der Waals surface area contributed by atoms with Crippen LogP contribution in [-0.4, -0.2) is 53.7 Å². The smallest absolute Gasteiger partial charge is 0.323 e. The van der Waals surface area contributed by atoms with Crippen molar-refractivity contribution in [3.63, 3.8) is 0 Å². The highest BCUT2D eigenvalue weighted by atomic mass is 127. The SMILES string of the molecule is CCOC(=O)[C@@H](N)Cc1cc(C(=O)C(I)Oc2ccc(O)cc2)c(O)c(C(=O)C(I)Oc2ccc(O)cc2)c1. The molecule has 3 atom stereocenters. The Hall–Kier alpha value is -3.11. The first-order valence-corrected chi connectivity index (χ1v) is 14.0. The number of aromatic hydroxyl groups is 3. The van der Waals surface area contributed by atoms with Crippen molar-refractivity contribution < 1.29 is 43.9 Å². The number of phenols is 3. The standard InChI is InChI=1S/C27H25I2NO9/c1-2-37-27(36)21(30)13-14-11-19(23(34)25(28)38-17-7-3-15(31)4-8-17)22(33)20(12-14)24(35)26(29)39-18-9-5-16(32)6-10-18/h3-12,21,25-26,31-33H,2,13,30H2,1H3/t21-,25?,26?/m0/s1. The van der Waals surface area contributed by atoms with E-state index in [1.807, 2.05) is 0 Å². The Morgan fingerprint density at radius 2 is 1.21 bits per heavy atom. The van der Waals surface area contributed by atoms with Gasteiger partial charge >= 0.3 is 5.97 Å². The molecule has 0 saturated heterocycles. The zero-order valence-corrected chi connectivity index (χ0v) is 24.9. The van der Waals surface area contributed by atoms with E-state index >= 15 is 0 Å². The number of hydrogen-bond acceptors (Lipinski definition) is 10. The number of Topliss-reactive ketones (excluding diaryl/α,β-unsaturated/α-hetero) is 2. The fraction of sp³-hybridized carbons (Fsp3) is 0.222. The maximum absolute atomic E-state index is 13.3. The minimum atomic E-state index is -1.11. The van der Waals surface area contributed by atoms with Crippen LogP contribution in [0.3, 0.4) is 0 Å². The number of alkyl halides is 2. The minimum absolute atomic E-state index is 0.0213. The van der Waals surface area contributed by atoms with Crippen LogP contribution in [0.1, 0.15) is 33.2 Å². The number of carbonyl (C=O) groups excluding carboxylic acids is 3. The predicted octanol–water partition coefficient (Wildman–Crippen LogP) is 4.28. The van der Waals surface area contributed by atoms with Crippen molar-refractivity contribution in [3.05, 3.63) is 77.4 Å². The lowest BCUT2D eigenvalue weighted by atomic mass is 9.95. The molecule has 3 aromatic carbocycles. The van der Waals surface area contributed by atoms with E-state index in [1.165, 1.54) is 60.7 Å². The summed E-state index contributed by atoms with van der Waals surface area (Å²) >= 11 is 3.49. The fourth-order valence-corrected chi connectivity index (χ4v) is 4.67. The number of carbonyl (C=O) groups is 3. The Kier molecular flexibility index (Phi) is 10.8. The molecule has 0 heterocycles. The number of halogens is 2. The molecular formula is C27H25I2NO9. The third-order valence-electron chi connectivity index (χ3n) is 5.31. The van der Waals surface area contributed by atoms with Crippen molar-refractivity contribution in [2.75, 3.05) is 6.61 Å². The van der Waals surface area contributed by atoms with E-state index in [2.05, 4.69) is 0 Å². The van der Waals surface area contributed by atoms with E-state index in [0.717, 1.165) is 0 Å². The number of esters is 1. The van der Waals surface area contributed by atoms with E-state index in [0.29, 0.717) is 17.1 Å². The molecule has 0 fully saturated rings. The van der Waals surface area contributed by atoms with Crippen LogP contribution in [0.25, 0.3) is 0 Å². The van der Waals surface area contributed by atoms with Gasteiger partial charge in [-0.1, -0.05) is 0 Å². The Balaban J connectivity index is 1.95. The van der Waals surface area contributed by atoms with Gasteiger partial charge in [0.2, 0.25) is 19.8 Å². The molecule has 0 saturated carbocycles. The van der Waals surface area contributed by atoms with Gasteiger partial charge in [-0.25, -0.2) is 0 Å². The van der Waals surface area contributed by atoms with Crippen LogP contribution >= 0.6 is 45.2 Å². The van der Waals surface area contributed by atoms with Crippen LogP contribution in [0.5, 0.6) is 28.7 Å². The molecule has 12 heteroatoms. The Morgan fingerprint density at radius 3 is 1.59 bits per heavy atom. The lowest BCUT2D eigenvalue weighted by Gasteiger charge is -2.18. The highest BCUT2D eigenvalue weighted by Crippen LogP contribution is 2.32. The molecule has 5 N–H and O–H groups in total. The molecule has 0 aliphatic carbocycles. The topological polar surface area (TPSA) is 166 Å². The summed E-state index contributed by atoms with van der Waals surface area (Å²) in [7, 11) is 0. The largest absolute Gasteiger partial charge is 0.508 e. The third kappa shape index (κ3) is 8.19. The third-order valence-corrected chi connectivity index (χ3v) is 6.95. The lowest BCUT2D eigenvalue weighted by Crippen LogP contribution is -2.34. The van der Waals surface area contributed by atoms with E-state index < -0.39 is 37.5 Å². The van der Waals surface area contributed by atoms with Crippen LogP contribution in [0.15, 0.2) is 60.7 Å². The number of hydrogen-bond donors (Lipinski definition) is 4. The van der Waals surface area contributed by atoms with Gasteiger partial charge in [0.15, 0.2) is 0 Å². The zero-order valence-electron chi connectivity index (χ0n) is 20.5. The molecule has 3 rings (SSSR count). The van der Waals surface area contributed by atoms with Gasteiger partial charge in [-0.05, 0) is 125 Å². The number of benzene rings is 3. The monoisotopic (exact) mass is 761 g/mol. The molecule has 206 valence electrons. The van der Waals surface area contributed by atoms with Gasteiger partial charge in [0.05, 0.1) is 17.7 Å².